The Morgan fingerprint density at radius 2 is 2.00 bits per heavy atom. The standard InChI is InChI=1S/C12H18N2O2/c1-3-10-11(15)13-8(2)12(16)14(10)9-6-4-5-7-9/h4-5,8-10H,3,6-7H2,1-2H3,(H,13,15). The molecule has 4 heteroatoms. The molecule has 16 heavy (non-hydrogen) atoms. The van der Waals surface area contributed by atoms with Gasteiger partial charge in [0.1, 0.15) is 12.1 Å². The van der Waals surface area contributed by atoms with Crippen molar-refractivity contribution in [1.82, 2.24) is 10.2 Å². The van der Waals surface area contributed by atoms with Gasteiger partial charge in [-0.1, -0.05) is 19.1 Å². The van der Waals surface area contributed by atoms with E-state index in [1.165, 1.54) is 0 Å². The zero-order valence-electron chi connectivity index (χ0n) is 9.77. The van der Waals surface area contributed by atoms with Crippen molar-refractivity contribution >= 4 is 11.8 Å². The highest BCUT2D eigenvalue weighted by Gasteiger charge is 2.40. The van der Waals surface area contributed by atoms with Crippen molar-refractivity contribution in [2.75, 3.05) is 0 Å². The summed E-state index contributed by atoms with van der Waals surface area (Å²) < 4.78 is 0. The van der Waals surface area contributed by atoms with E-state index in [9.17, 15) is 9.59 Å². The van der Waals surface area contributed by atoms with E-state index in [1.54, 1.807) is 11.8 Å². The van der Waals surface area contributed by atoms with Crippen LogP contribution in [-0.4, -0.2) is 34.8 Å². The second-order valence-corrected chi connectivity index (χ2v) is 4.50. The molecular formula is C12H18N2O2. The zero-order chi connectivity index (χ0) is 11.7. The molecule has 0 saturated carbocycles. The molecule has 0 bridgehead atoms. The Morgan fingerprint density at radius 3 is 2.56 bits per heavy atom. The zero-order valence-corrected chi connectivity index (χ0v) is 9.77. The van der Waals surface area contributed by atoms with Crippen LogP contribution in [0.15, 0.2) is 12.2 Å². The van der Waals surface area contributed by atoms with Crippen molar-refractivity contribution in [3.05, 3.63) is 12.2 Å². The number of piperazine rings is 1. The molecule has 1 fully saturated rings. The Bertz CT molecular complexity index is 330. The fourth-order valence-electron chi connectivity index (χ4n) is 2.52. The number of nitrogens with zero attached hydrogens (tertiary/aromatic N) is 1. The van der Waals surface area contributed by atoms with Gasteiger partial charge in [-0.05, 0) is 26.2 Å². The Kier molecular flexibility index (Phi) is 2.99. The van der Waals surface area contributed by atoms with E-state index in [4.69, 9.17) is 0 Å². The van der Waals surface area contributed by atoms with Crippen LogP contribution in [0.25, 0.3) is 0 Å². The third kappa shape index (κ3) is 1.72. The summed E-state index contributed by atoms with van der Waals surface area (Å²) in [5, 5.41) is 2.73. The van der Waals surface area contributed by atoms with Gasteiger partial charge in [0, 0.05) is 6.04 Å². The van der Waals surface area contributed by atoms with Crippen molar-refractivity contribution in [3.8, 4) is 0 Å². The molecule has 0 aromatic heterocycles. The van der Waals surface area contributed by atoms with E-state index in [2.05, 4.69) is 17.5 Å². The molecule has 0 radical (unpaired) electrons. The summed E-state index contributed by atoms with van der Waals surface area (Å²) in [6, 6.07) is -0.476. The van der Waals surface area contributed by atoms with Crippen LogP contribution in [-0.2, 0) is 9.59 Å². The fourth-order valence-corrected chi connectivity index (χ4v) is 2.52. The van der Waals surface area contributed by atoms with E-state index in [0.717, 1.165) is 12.8 Å². The van der Waals surface area contributed by atoms with Crippen LogP contribution in [0.1, 0.15) is 33.1 Å². The average Bonchev–Trinajstić information content (AvgIpc) is 2.76. The summed E-state index contributed by atoms with van der Waals surface area (Å²) in [6.07, 6.45) is 6.61. The fraction of sp³-hybridized carbons (Fsp3) is 0.667. The lowest BCUT2D eigenvalue weighted by Gasteiger charge is -2.41. The number of hydrogen-bond acceptors (Lipinski definition) is 2. The molecule has 2 rings (SSSR count). The van der Waals surface area contributed by atoms with Gasteiger partial charge >= 0.3 is 0 Å². The van der Waals surface area contributed by atoms with Crippen molar-refractivity contribution < 1.29 is 9.59 Å². The summed E-state index contributed by atoms with van der Waals surface area (Å²) in [4.78, 5) is 25.7. The molecule has 1 heterocycles. The van der Waals surface area contributed by atoms with Crippen molar-refractivity contribution in [2.24, 2.45) is 0 Å². The second-order valence-electron chi connectivity index (χ2n) is 4.50. The first kappa shape index (κ1) is 11.2. The number of amides is 2. The minimum atomic E-state index is -0.379. The highest BCUT2D eigenvalue weighted by atomic mass is 16.2. The van der Waals surface area contributed by atoms with E-state index in [-0.39, 0.29) is 29.9 Å². The molecule has 0 aromatic rings. The summed E-state index contributed by atoms with van der Waals surface area (Å²) >= 11 is 0. The minimum absolute atomic E-state index is 0.0125. The van der Waals surface area contributed by atoms with Gasteiger partial charge in [-0.2, -0.15) is 0 Å². The van der Waals surface area contributed by atoms with Gasteiger partial charge in [0.25, 0.3) is 0 Å². The number of nitrogens with one attached hydrogen (secondary N) is 1. The van der Waals surface area contributed by atoms with Crippen molar-refractivity contribution in [3.63, 3.8) is 0 Å². The first-order chi connectivity index (χ1) is 7.65. The highest BCUT2D eigenvalue weighted by molar-refractivity contribution is 5.96. The maximum absolute atomic E-state index is 12.1. The molecule has 0 aromatic carbocycles. The van der Waals surface area contributed by atoms with E-state index < -0.39 is 0 Å². The van der Waals surface area contributed by atoms with E-state index in [1.807, 2.05) is 6.92 Å². The Morgan fingerprint density at radius 1 is 1.38 bits per heavy atom. The SMILES string of the molecule is CCC1C(=O)NC(C)C(=O)N1C1CC=CC1. The minimum Gasteiger partial charge on any atom is -0.343 e. The molecule has 2 amide bonds. The maximum atomic E-state index is 12.1. The normalized spacial score (nSPS) is 31.0. The molecular weight excluding hydrogens is 204 g/mol. The molecule has 1 saturated heterocycles. The van der Waals surface area contributed by atoms with Gasteiger partial charge in [0.15, 0.2) is 0 Å². The van der Waals surface area contributed by atoms with Gasteiger partial charge in [-0.25, -0.2) is 0 Å². The van der Waals surface area contributed by atoms with Crippen molar-refractivity contribution in [2.45, 2.75) is 51.2 Å². The summed E-state index contributed by atoms with van der Waals surface area (Å²) in [5.74, 6) is 0.0432. The van der Waals surface area contributed by atoms with Crippen LogP contribution >= 0.6 is 0 Å². The van der Waals surface area contributed by atoms with Gasteiger partial charge in [0.05, 0.1) is 0 Å². The molecule has 1 aliphatic heterocycles. The molecule has 1 N–H and O–H groups in total. The monoisotopic (exact) mass is 222 g/mol. The molecule has 0 spiro atoms. The number of carbonyl (C=O) groups excluding carboxylic acids is 2. The molecule has 4 nitrogen and oxygen atoms in total. The van der Waals surface area contributed by atoms with Crippen LogP contribution in [0, 0.1) is 0 Å². The molecule has 1 aliphatic carbocycles. The molecule has 88 valence electrons. The van der Waals surface area contributed by atoms with Crippen LogP contribution in [0.2, 0.25) is 0 Å². The second kappa shape index (κ2) is 4.28. The number of carbonyl (C=O) groups is 2. The first-order valence-corrected chi connectivity index (χ1v) is 5.92. The van der Waals surface area contributed by atoms with Gasteiger partial charge < -0.3 is 10.2 Å². The quantitative estimate of drug-likeness (QED) is 0.704. The van der Waals surface area contributed by atoms with Gasteiger partial charge in [-0.15, -0.1) is 0 Å². The van der Waals surface area contributed by atoms with E-state index >= 15 is 0 Å². The van der Waals surface area contributed by atoms with Crippen LogP contribution in [0.3, 0.4) is 0 Å². The van der Waals surface area contributed by atoms with Gasteiger partial charge in [0.2, 0.25) is 11.8 Å². The Labute approximate surface area is 95.7 Å². The highest BCUT2D eigenvalue weighted by Crippen LogP contribution is 2.24. The lowest BCUT2D eigenvalue weighted by molar-refractivity contribution is -0.151. The van der Waals surface area contributed by atoms with Crippen LogP contribution in [0.4, 0.5) is 0 Å². The van der Waals surface area contributed by atoms with Gasteiger partial charge in [-0.3, -0.25) is 9.59 Å². The predicted octanol–water partition coefficient (Wildman–Crippen LogP) is 0.831. The molecule has 2 aliphatic rings. The lowest BCUT2D eigenvalue weighted by atomic mass is 10.0. The number of hydrogen-bond donors (Lipinski definition) is 1. The Hall–Kier alpha value is -1.32. The third-order valence-corrected chi connectivity index (χ3v) is 3.39. The summed E-state index contributed by atoms with van der Waals surface area (Å²) in [7, 11) is 0. The molecule has 2 unspecified atom stereocenters. The number of rotatable bonds is 2. The third-order valence-electron chi connectivity index (χ3n) is 3.39. The average molecular weight is 222 g/mol. The topological polar surface area (TPSA) is 49.4 Å². The van der Waals surface area contributed by atoms with Crippen LogP contribution < -0.4 is 5.32 Å². The van der Waals surface area contributed by atoms with E-state index in [0.29, 0.717) is 6.42 Å². The smallest absolute Gasteiger partial charge is 0.245 e. The Balaban J connectivity index is 2.21. The maximum Gasteiger partial charge on any atom is 0.245 e. The predicted molar refractivity (Wildman–Crippen MR) is 60.7 cm³/mol. The van der Waals surface area contributed by atoms with Crippen LogP contribution in [0.5, 0.6) is 0 Å². The summed E-state index contributed by atoms with van der Waals surface area (Å²) in [6.45, 7) is 3.70. The lowest BCUT2D eigenvalue weighted by Crippen LogP contribution is -2.64. The van der Waals surface area contributed by atoms with Crippen molar-refractivity contribution in [1.29, 1.82) is 0 Å². The molecule has 2 atom stereocenters. The largest absolute Gasteiger partial charge is 0.343 e. The first-order valence-electron chi connectivity index (χ1n) is 5.92. The summed E-state index contributed by atoms with van der Waals surface area (Å²) in [5.41, 5.74) is 0.